The second kappa shape index (κ2) is 3.79. The molecule has 3 rings (SSSR count). The van der Waals surface area contributed by atoms with E-state index in [1.165, 1.54) is 17.4 Å². The summed E-state index contributed by atoms with van der Waals surface area (Å²) in [6.45, 7) is 6.61. The average molecular weight is 240 g/mol. The second-order valence-electron chi connectivity index (χ2n) is 6.23. The fourth-order valence-corrected chi connectivity index (χ4v) is 2.81. The molecule has 1 aromatic carbocycles. The van der Waals surface area contributed by atoms with Crippen molar-refractivity contribution in [3.63, 3.8) is 0 Å². The van der Waals surface area contributed by atoms with E-state index in [4.69, 9.17) is 5.73 Å². The van der Waals surface area contributed by atoms with Gasteiger partial charge >= 0.3 is 0 Å². The lowest BCUT2D eigenvalue weighted by molar-refractivity contribution is 0.492. The highest BCUT2D eigenvalue weighted by Gasteiger charge is 2.49. The van der Waals surface area contributed by atoms with Crippen molar-refractivity contribution in [2.75, 3.05) is 0 Å². The number of nitrogens with two attached hydrogens (primary N) is 1. The monoisotopic (exact) mass is 240 g/mol. The fourth-order valence-electron chi connectivity index (χ4n) is 2.81. The summed E-state index contributed by atoms with van der Waals surface area (Å²) in [6, 6.07) is 10.8. The van der Waals surface area contributed by atoms with Crippen LogP contribution in [0.4, 0.5) is 0 Å². The van der Waals surface area contributed by atoms with Gasteiger partial charge < -0.3 is 5.73 Å². The Morgan fingerprint density at radius 2 is 2.00 bits per heavy atom. The predicted octanol–water partition coefficient (Wildman–Crippen LogP) is 3.59. The van der Waals surface area contributed by atoms with Gasteiger partial charge in [0.1, 0.15) is 0 Å². The van der Waals surface area contributed by atoms with Gasteiger partial charge in [-0.1, -0.05) is 26.0 Å². The van der Waals surface area contributed by atoms with Gasteiger partial charge in [-0.15, -0.1) is 0 Å². The molecule has 2 heteroatoms. The molecule has 2 nitrogen and oxygen atoms in total. The molecule has 0 spiro atoms. The Labute approximate surface area is 108 Å². The summed E-state index contributed by atoms with van der Waals surface area (Å²) in [7, 11) is 0. The first-order chi connectivity index (χ1) is 8.47. The summed E-state index contributed by atoms with van der Waals surface area (Å²) in [5, 5.41) is 1.19. The van der Waals surface area contributed by atoms with Crippen molar-refractivity contribution >= 4 is 10.9 Å². The third-order valence-electron chi connectivity index (χ3n) is 4.26. The van der Waals surface area contributed by atoms with Gasteiger partial charge in [-0.05, 0) is 48.4 Å². The highest BCUT2D eigenvalue weighted by Crippen LogP contribution is 2.57. The van der Waals surface area contributed by atoms with Gasteiger partial charge in [-0.3, -0.25) is 4.98 Å². The standard InChI is InChI=1S/C16H20N2/c1-10-4-5-11-8-12(6-7-14(11)18-10)15(17)13-9-16(13,2)3/h4-8,13,15H,9,17H2,1-3H3. The van der Waals surface area contributed by atoms with Gasteiger partial charge in [-0.25, -0.2) is 0 Å². The van der Waals surface area contributed by atoms with E-state index in [0.717, 1.165) is 11.2 Å². The van der Waals surface area contributed by atoms with Crippen LogP contribution in [0.15, 0.2) is 30.3 Å². The van der Waals surface area contributed by atoms with Crippen LogP contribution in [0.25, 0.3) is 10.9 Å². The van der Waals surface area contributed by atoms with E-state index < -0.39 is 0 Å². The van der Waals surface area contributed by atoms with Gasteiger partial charge in [0.05, 0.1) is 5.52 Å². The summed E-state index contributed by atoms with van der Waals surface area (Å²) in [5.41, 5.74) is 10.1. The van der Waals surface area contributed by atoms with Gasteiger partial charge in [0, 0.05) is 17.1 Å². The molecule has 1 aromatic heterocycles. The molecule has 2 unspecified atom stereocenters. The molecule has 0 amide bonds. The van der Waals surface area contributed by atoms with Crippen molar-refractivity contribution < 1.29 is 0 Å². The minimum absolute atomic E-state index is 0.158. The van der Waals surface area contributed by atoms with Crippen molar-refractivity contribution in [1.29, 1.82) is 0 Å². The Balaban J connectivity index is 1.96. The number of fused-ring (bicyclic) bond motifs is 1. The average Bonchev–Trinajstić information content (AvgIpc) is 2.97. The molecule has 2 N–H and O–H groups in total. The number of nitrogens with zero attached hydrogens (tertiary/aromatic N) is 1. The molecule has 0 bridgehead atoms. The maximum atomic E-state index is 6.38. The van der Waals surface area contributed by atoms with Crippen molar-refractivity contribution in [3.05, 3.63) is 41.6 Å². The van der Waals surface area contributed by atoms with Crippen LogP contribution in [0.5, 0.6) is 0 Å². The number of pyridine rings is 1. The van der Waals surface area contributed by atoms with E-state index in [0.29, 0.717) is 11.3 Å². The van der Waals surface area contributed by atoms with Crippen LogP contribution in [-0.2, 0) is 0 Å². The maximum Gasteiger partial charge on any atom is 0.0705 e. The summed E-state index contributed by atoms with van der Waals surface area (Å²) in [6.07, 6.45) is 1.23. The number of hydrogen-bond acceptors (Lipinski definition) is 2. The van der Waals surface area contributed by atoms with Crippen molar-refractivity contribution in [1.82, 2.24) is 4.98 Å². The van der Waals surface area contributed by atoms with Crippen LogP contribution in [0.1, 0.15) is 37.6 Å². The van der Waals surface area contributed by atoms with Crippen LogP contribution in [0, 0.1) is 18.3 Å². The largest absolute Gasteiger partial charge is 0.324 e. The fraction of sp³-hybridized carbons (Fsp3) is 0.438. The van der Waals surface area contributed by atoms with Crippen LogP contribution in [-0.4, -0.2) is 4.98 Å². The third kappa shape index (κ3) is 1.91. The van der Waals surface area contributed by atoms with E-state index in [1.807, 2.05) is 6.92 Å². The van der Waals surface area contributed by atoms with E-state index in [9.17, 15) is 0 Å². The molecule has 1 aliphatic rings. The Kier molecular flexibility index (Phi) is 2.46. The molecule has 0 radical (unpaired) electrons. The molecule has 2 atom stereocenters. The molecular formula is C16H20N2. The zero-order chi connectivity index (χ0) is 12.9. The zero-order valence-corrected chi connectivity index (χ0v) is 11.3. The number of aromatic nitrogens is 1. The Bertz CT molecular complexity index is 601. The van der Waals surface area contributed by atoms with E-state index >= 15 is 0 Å². The molecule has 2 aromatic rings. The first-order valence-corrected chi connectivity index (χ1v) is 6.60. The van der Waals surface area contributed by atoms with Crippen molar-refractivity contribution in [2.24, 2.45) is 17.1 Å². The summed E-state index contributed by atoms with van der Waals surface area (Å²) in [5.74, 6) is 0.619. The predicted molar refractivity (Wildman–Crippen MR) is 75.3 cm³/mol. The SMILES string of the molecule is Cc1ccc2cc(C(N)C3CC3(C)C)ccc2n1. The topological polar surface area (TPSA) is 38.9 Å². The van der Waals surface area contributed by atoms with Crippen LogP contribution < -0.4 is 5.73 Å². The minimum atomic E-state index is 0.158. The van der Waals surface area contributed by atoms with Gasteiger partial charge in [0.25, 0.3) is 0 Å². The molecule has 1 saturated carbocycles. The zero-order valence-electron chi connectivity index (χ0n) is 11.3. The number of aryl methyl sites for hydroxylation is 1. The number of rotatable bonds is 2. The van der Waals surface area contributed by atoms with Crippen molar-refractivity contribution in [3.8, 4) is 0 Å². The summed E-state index contributed by atoms with van der Waals surface area (Å²) >= 11 is 0. The lowest BCUT2D eigenvalue weighted by Crippen LogP contribution is -2.15. The van der Waals surface area contributed by atoms with Crippen LogP contribution in [0.2, 0.25) is 0 Å². The lowest BCUT2D eigenvalue weighted by atomic mass is 9.96. The van der Waals surface area contributed by atoms with E-state index in [1.54, 1.807) is 0 Å². The molecule has 0 saturated heterocycles. The molecular weight excluding hydrogens is 220 g/mol. The van der Waals surface area contributed by atoms with Crippen molar-refractivity contribution in [2.45, 2.75) is 33.2 Å². The molecule has 1 aliphatic carbocycles. The smallest absolute Gasteiger partial charge is 0.0705 e. The van der Waals surface area contributed by atoms with Crippen LogP contribution >= 0.6 is 0 Å². The van der Waals surface area contributed by atoms with Gasteiger partial charge in [-0.2, -0.15) is 0 Å². The minimum Gasteiger partial charge on any atom is -0.324 e. The highest BCUT2D eigenvalue weighted by molar-refractivity contribution is 5.79. The molecule has 94 valence electrons. The lowest BCUT2D eigenvalue weighted by Gasteiger charge is -2.14. The Hall–Kier alpha value is -1.41. The Morgan fingerprint density at radius 3 is 2.67 bits per heavy atom. The van der Waals surface area contributed by atoms with Gasteiger partial charge in [0.15, 0.2) is 0 Å². The first kappa shape index (κ1) is 11.7. The number of hydrogen-bond donors (Lipinski definition) is 1. The summed E-state index contributed by atoms with van der Waals surface area (Å²) in [4.78, 5) is 4.52. The normalized spacial score (nSPS) is 23.0. The highest BCUT2D eigenvalue weighted by atomic mass is 14.7. The first-order valence-electron chi connectivity index (χ1n) is 6.60. The molecule has 1 heterocycles. The molecule has 18 heavy (non-hydrogen) atoms. The number of benzene rings is 1. The maximum absolute atomic E-state index is 6.38. The van der Waals surface area contributed by atoms with Gasteiger partial charge in [0.2, 0.25) is 0 Å². The van der Waals surface area contributed by atoms with E-state index in [2.05, 4.69) is 49.2 Å². The third-order valence-corrected chi connectivity index (χ3v) is 4.26. The Morgan fingerprint density at radius 1 is 1.28 bits per heavy atom. The molecule has 1 fully saturated rings. The van der Waals surface area contributed by atoms with E-state index in [-0.39, 0.29) is 6.04 Å². The molecule has 0 aliphatic heterocycles. The summed E-state index contributed by atoms with van der Waals surface area (Å²) < 4.78 is 0. The second-order valence-corrected chi connectivity index (χ2v) is 6.23. The van der Waals surface area contributed by atoms with Crippen LogP contribution in [0.3, 0.4) is 0 Å². The quantitative estimate of drug-likeness (QED) is 0.871.